The number of amidine groups is 2. The van der Waals surface area contributed by atoms with Crippen molar-refractivity contribution in [3.8, 4) is 0 Å². The smallest absolute Gasteiger partial charge is 0.249 e. The minimum atomic E-state index is -0.652. The largest absolute Gasteiger partial charge is 0.388 e. The van der Waals surface area contributed by atoms with Gasteiger partial charge in [0.2, 0.25) is 6.35 Å². The average molecular weight is 680 g/mol. The third kappa shape index (κ3) is 6.27. The van der Waals surface area contributed by atoms with Crippen LogP contribution < -0.4 is 5.32 Å². The quantitative estimate of drug-likeness (QED) is 0.249. The Hall–Kier alpha value is -4.06. The van der Waals surface area contributed by atoms with E-state index in [1.54, 1.807) is 0 Å². The van der Waals surface area contributed by atoms with Gasteiger partial charge < -0.3 is 15.2 Å². The van der Waals surface area contributed by atoms with Crippen molar-refractivity contribution in [1.82, 2.24) is 5.32 Å². The molecule has 0 saturated heterocycles. The van der Waals surface area contributed by atoms with Crippen molar-refractivity contribution in [2.45, 2.75) is 102 Å². The van der Waals surface area contributed by atoms with Crippen LogP contribution in [0.25, 0.3) is 10.8 Å². The van der Waals surface area contributed by atoms with Crippen LogP contribution in [0.3, 0.4) is 0 Å². The first-order valence-corrected chi connectivity index (χ1v) is 19.7. The summed E-state index contributed by atoms with van der Waals surface area (Å²) < 4.78 is 6.53. The molecule has 5 nitrogen and oxygen atoms in total. The summed E-state index contributed by atoms with van der Waals surface area (Å²) >= 11 is 0. The summed E-state index contributed by atoms with van der Waals surface area (Å²) in [6.07, 6.45) is 34.3. The van der Waals surface area contributed by atoms with Crippen LogP contribution in [0, 0.1) is 17.8 Å². The zero-order valence-electron chi connectivity index (χ0n) is 30.3. The molecule has 6 aliphatic rings. The maximum absolute atomic E-state index is 11.0. The first kappa shape index (κ1) is 34.0. The first-order valence-electron chi connectivity index (χ1n) is 19.7. The van der Waals surface area contributed by atoms with E-state index < -0.39 is 12.5 Å². The number of hydrogen-bond acceptors (Lipinski definition) is 5. The number of ether oxygens (including phenoxy) is 1. The Morgan fingerprint density at radius 3 is 2.69 bits per heavy atom. The molecule has 0 spiro atoms. The second-order valence-electron chi connectivity index (χ2n) is 15.2. The van der Waals surface area contributed by atoms with E-state index in [9.17, 15) is 5.11 Å². The highest BCUT2D eigenvalue weighted by Crippen LogP contribution is 2.64. The van der Waals surface area contributed by atoms with E-state index in [1.165, 1.54) is 51.5 Å². The average Bonchev–Trinajstić information content (AvgIpc) is 3.49. The number of benzene rings is 2. The number of aliphatic hydroxyl groups excluding tert-OH is 1. The maximum Gasteiger partial charge on any atom is 0.249 e. The van der Waals surface area contributed by atoms with E-state index in [0.29, 0.717) is 18.4 Å². The van der Waals surface area contributed by atoms with Crippen LogP contribution in [0.4, 0.5) is 0 Å². The van der Waals surface area contributed by atoms with E-state index in [2.05, 4.69) is 98.1 Å². The minimum absolute atomic E-state index is 0.238. The molecule has 0 bridgehead atoms. The lowest BCUT2D eigenvalue weighted by Gasteiger charge is -2.44. The standard InChI is InChI=1S/C46H53N3O2/c1-3-5-16-31(4-2)30-51-45-48-43(47-44(49-45)38-23-14-15-24-41(38)50)33-25-27-37-40(29-33)46(34-18-8-6-9-19-34,35-20-10-7-11-21-35)39-28-26-32-17-12-13-22-36(32)42(37)39/h6,8,10,12-15,17-18,20-24,26,28-29,31,37-38,40-41,45,50H,3-5,7,9,11,16,19,25,27,30H2,1-2H3,(H,47,48,49). The molecule has 5 heteroatoms. The molecular weight excluding hydrogens is 627 g/mol. The fraction of sp³-hybridized carbons (Fsp3) is 0.435. The maximum atomic E-state index is 11.0. The molecule has 0 fully saturated rings. The van der Waals surface area contributed by atoms with Gasteiger partial charge in [0, 0.05) is 11.3 Å². The van der Waals surface area contributed by atoms with Gasteiger partial charge in [-0.2, -0.15) is 0 Å². The van der Waals surface area contributed by atoms with Gasteiger partial charge in [-0.3, -0.25) is 0 Å². The van der Waals surface area contributed by atoms with E-state index in [-0.39, 0.29) is 17.3 Å². The van der Waals surface area contributed by atoms with E-state index in [0.717, 1.165) is 63.0 Å². The molecular formula is C46H53N3O2. The molecule has 2 aromatic rings. The van der Waals surface area contributed by atoms with Crippen molar-refractivity contribution in [2.24, 2.45) is 27.7 Å². The highest BCUT2D eigenvalue weighted by Gasteiger charge is 2.56. The Bertz CT molecular complexity index is 1920. The third-order valence-corrected chi connectivity index (χ3v) is 12.3. The van der Waals surface area contributed by atoms with Gasteiger partial charge in [0.05, 0.1) is 18.6 Å². The van der Waals surface area contributed by atoms with Crippen molar-refractivity contribution in [1.29, 1.82) is 0 Å². The number of unbranched alkanes of at least 4 members (excludes halogenated alkanes) is 1. The van der Waals surface area contributed by atoms with Gasteiger partial charge in [0.1, 0.15) is 11.7 Å². The minimum Gasteiger partial charge on any atom is -0.388 e. The fourth-order valence-electron chi connectivity index (χ4n) is 9.65. The molecule has 2 N–H and O–H groups in total. The summed E-state index contributed by atoms with van der Waals surface area (Å²) in [6.45, 7) is 5.13. The Kier molecular flexibility index (Phi) is 9.94. The molecule has 2 aromatic carbocycles. The zero-order chi connectivity index (χ0) is 34.8. The monoisotopic (exact) mass is 679 g/mol. The van der Waals surface area contributed by atoms with Crippen LogP contribution >= 0.6 is 0 Å². The molecule has 264 valence electrons. The predicted octanol–water partition coefficient (Wildman–Crippen LogP) is 10.1. The van der Waals surface area contributed by atoms with Crippen LogP contribution in [0.1, 0.15) is 95.1 Å². The van der Waals surface area contributed by atoms with Gasteiger partial charge in [0.15, 0.2) is 0 Å². The molecule has 0 amide bonds. The fourth-order valence-corrected chi connectivity index (χ4v) is 9.65. The Morgan fingerprint density at radius 2 is 1.88 bits per heavy atom. The van der Waals surface area contributed by atoms with Crippen LogP contribution in [-0.2, 0) is 10.2 Å². The van der Waals surface area contributed by atoms with Crippen LogP contribution in [0.15, 0.2) is 130 Å². The summed E-state index contributed by atoms with van der Waals surface area (Å²) in [5.41, 5.74) is 6.96. The van der Waals surface area contributed by atoms with Crippen LogP contribution in [-0.4, -0.2) is 35.8 Å². The molecule has 8 rings (SSSR count). The van der Waals surface area contributed by atoms with Crippen molar-refractivity contribution < 1.29 is 9.84 Å². The normalized spacial score (nSPS) is 30.1. The summed E-state index contributed by atoms with van der Waals surface area (Å²) in [5, 5.41) is 17.4. The van der Waals surface area contributed by atoms with E-state index in [4.69, 9.17) is 14.7 Å². The molecule has 51 heavy (non-hydrogen) atoms. The highest BCUT2D eigenvalue weighted by atomic mass is 16.5. The molecule has 1 heterocycles. The molecule has 7 unspecified atom stereocenters. The number of fused-ring (bicyclic) bond motifs is 5. The summed E-state index contributed by atoms with van der Waals surface area (Å²) in [7, 11) is 0. The van der Waals surface area contributed by atoms with E-state index >= 15 is 0 Å². The molecule has 0 aromatic heterocycles. The second kappa shape index (κ2) is 14.9. The second-order valence-corrected chi connectivity index (χ2v) is 15.2. The van der Waals surface area contributed by atoms with Gasteiger partial charge >= 0.3 is 0 Å². The van der Waals surface area contributed by atoms with Crippen LogP contribution in [0.5, 0.6) is 0 Å². The van der Waals surface area contributed by atoms with Gasteiger partial charge in [-0.15, -0.1) is 0 Å². The summed E-state index contributed by atoms with van der Waals surface area (Å²) in [4.78, 5) is 10.2. The van der Waals surface area contributed by atoms with Gasteiger partial charge in [0.25, 0.3) is 0 Å². The van der Waals surface area contributed by atoms with Crippen molar-refractivity contribution >= 4 is 22.4 Å². The SMILES string of the molecule is CCCCC(CC)COC1N=C(C2=CC3C(CC2)c2c(ccc4ccccc24)C3(C2=CCCC=C2)C2=CC=CCC2)NC(C2C=CC=CC2O)=N1. The number of aliphatic imine (C=N–C) groups is 2. The molecule has 7 atom stereocenters. The van der Waals surface area contributed by atoms with Crippen molar-refractivity contribution in [3.63, 3.8) is 0 Å². The van der Waals surface area contributed by atoms with Gasteiger partial charge in [-0.25, -0.2) is 9.98 Å². The third-order valence-electron chi connectivity index (χ3n) is 12.3. The number of aliphatic hydroxyl groups is 1. The van der Waals surface area contributed by atoms with E-state index in [1.807, 2.05) is 24.3 Å². The Morgan fingerprint density at radius 1 is 0.980 bits per heavy atom. The lowest BCUT2D eigenvalue weighted by Crippen LogP contribution is -2.46. The number of nitrogens with one attached hydrogen (secondary N) is 1. The van der Waals surface area contributed by atoms with Gasteiger partial charge in [-0.1, -0.05) is 142 Å². The summed E-state index contributed by atoms with van der Waals surface area (Å²) in [5.74, 6) is 2.41. The highest BCUT2D eigenvalue weighted by molar-refractivity contribution is 6.11. The zero-order valence-corrected chi connectivity index (χ0v) is 30.3. The lowest BCUT2D eigenvalue weighted by atomic mass is 9.59. The molecule has 0 saturated carbocycles. The topological polar surface area (TPSA) is 66.2 Å². The first-order chi connectivity index (χ1) is 25.1. The predicted molar refractivity (Wildman–Crippen MR) is 211 cm³/mol. The molecule has 5 aliphatic carbocycles. The van der Waals surface area contributed by atoms with Gasteiger partial charge in [-0.05, 0) is 89.8 Å². The number of hydrogen-bond donors (Lipinski definition) is 2. The summed E-state index contributed by atoms with van der Waals surface area (Å²) in [6, 6.07) is 13.8. The molecule has 1 aliphatic heterocycles. The Labute approximate surface area is 304 Å². The molecule has 0 radical (unpaired) electrons. The van der Waals surface area contributed by atoms with Crippen molar-refractivity contribution in [2.75, 3.05) is 6.61 Å². The number of rotatable bonds is 11. The van der Waals surface area contributed by atoms with Crippen LogP contribution in [0.2, 0.25) is 0 Å². The Balaban J connectivity index is 1.24. The number of allylic oxidation sites excluding steroid dienone is 11. The number of nitrogens with zero attached hydrogens (tertiary/aromatic N) is 2. The lowest BCUT2D eigenvalue weighted by molar-refractivity contribution is 0.0348. The van der Waals surface area contributed by atoms with Crippen molar-refractivity contribution in [3.05, 3.63) is 131 Å².